The molecular weight excluding hydrogens is 392 g/mol. The molecule has 3 aromatic carbocycles. The maximum atomic E-state index is 12.5. The first-order valence-corrected chi connectivity index (χ1v) is 10.1. The molecule has 156 valence electrons. The summed E-state index contributed by atoms with van der Waals surface area (Å²) in [5, 5.41) is 0.578. The van der Waals surface area contributed by atoms with E-state index in [4.69, 9.17) is 9.47 Å². The Labute approximate surface area is 179 Å². The highest BCUT2D eigenvalue weighted by Gasteiger charge is 2.09. The summed E-state index contributed by atoms with van der Waals surface area (Å²) < 4.78 is 12.7. The van der Waals surface area contributed by atoms with Gasteiger partial charge in [0.05, 0.1) is 29.4 Å². The number of fused-ring (bicyclic) bond motifs is 1. The fraction of sp³-hybridized carbons (Fsp3) is 0.160. The van der Waals surface area contributed by atoms with Gasteiger partial charge in [0.15, 0.2) is 0 Å². The summed E-state index contributed by atoms with van der Waals surface area (Å²) in [5.41, 5.74) is 2.05. The SMILES string of the molecule is O=C(OCCCn1cnc2ccccc2c1=O)c1cccc(OCc2ccccc2)c1. The first kappa shape index (κ1) is 20.3. The molecular formula is C25H22N2O4. The van der Waals surface area contributed by atoms with E-state index < -0.39 is 5.97 Å². The summed E-state index contributed by atoms with van der Waals surface area (Å²) in [5.74, 6) is 0.182. The number of esters is 1. The zero-order chi connectivity index (χ0) is 21.5. The van der Waals surface area contributed by atoms with Crippen molar-refractivity contribution in [2.45, 2.75) is 19.6 Å². The summed E-state index contributed by atoms with van der Waals surface area (Å²) in [6, 6.07) is 24.0. The molecule has 0 spiro atoms. The van der Waals surface area contributed by atoms with Gasteiger partial charge in [0, 0.05) is 6.54 Å². The van der Waals surface area contributed by atoms with Crippen molar-refractivity contribution in [2.24, 2.45) is 0 Å². The number of aryl methyl sites for hydroxylation is 1. The summed E-state index contributed by atoms with van der Waals surface area (Å²) in [7, 11) is 0. The van der Waals surface area contributed by atoms with Crippen LogP contribution in [0.25, 0.3) is 10.9 Å². The van der Waals surface area contributed by atoms with Crippen molar-refractivity contribution in [1.82, 2.24) is 9.55 Å². The van der Waals surface area contributed by atoms with Gasteiger partial charge in [0.2, 0.25) is 0 Å². The number of ether oxygens (including phenoxy) is 2. The van der Waals surface area contributed by atoms with Crippen LogP contribution in [0.3, 0.4) is 0 Å². The van der Waals surface area contributed by atoms with E-state index in [1.165, 1.54) is 10.9 Å². The van der Waals surface area contributed by atoms with Crippen molar-refractivity contribution in [3.63, 3.8) is 0 Å². The lowest BCUT2D eigenvalue weighted by atomic mass is 10.2. The Balaban J connectivity index is 1.29. The Hall–Kier alpha value is -3.93. The van der Waals surface area contributed by atoms with Gasteiger partial charge in [-0.1, -0.05) is 48.5 Å². The first-order valence-electron chi connectivity index (χ1n) is 10.1. The maximum absolute atomic E-state index is 12.5. The lowest BCUT2D eigenvalue weighted by Crippen LogP contribution is -2.21. The van der Waals surface area contributed by atoms with Crippen LogP contribution < -0.4 is 10.3 Å². The maximum Gasteiger partial charge on any atom is 0.338 e. The molecule has 0 atom stereocenters. The lowest BCUT2D eigenvalue weighted by molar-refractivity contribution is 0.0495. The van der Waals surface area contributed by atoms with Crippen LogP contribution >= 0.6 is 0 Å². The minimum absolute atomic E-state index is 0.0970. The van der Waals surface area contributed by atoms with Gasteiger partial charge in [-0.2, -0.15) is 0 Å². The van der Waals surface area contributed by atoms with Gasteiger partial charge in [0.25, 0.3) is 5.56 Å². The van der Waals surface area contributed by atoms with E-state index in [1.54, 1.807) is 36.4 Å². The van der Waals surface area contributed by atoms with Gasteiger partial charge in [-0.05, 0) is 42.3 Å². The number of hydrogen-bond acceptors (Lipinski definition) is 5. The Kier molecular flexibility index (Phi) is 6.38. The number of hydrogen-bond donors (Lipinski definition) is 0. The molecule has 0 aliphatic heterocycles. The third kappa shape index (κ3) is 5.17. The molecule has 0 saturated heterocycles. The van der Waals surface area contributed by atoms with E-state index in [0.29, 0.717) is 41.8 Å². The molecule has 4 rings (SSSR count). The number of carbonyl (C=O) groups excluding carboxylic acids is 1. The fourth-order valence-electron chi connectivity index (χ4n) is 3.20. The molecule has 31 heavy (non-hydrogen) atoms. The highest BCUT2D eigenvalue weighted by molar-refractivity contribution is 5.89. The smallest absolute Gasteiger partial charge is 0.338 e. The summed E-state index contributed by atoms with van der Waals surface area (Å²) in [6.07, 6.45) is 2.04. The highest BCUT2D eigenvalue weighted by atomic mass is 16.5. The molecule has 0 N–H and O–H groups in total. The van der Waals surface area contributed by atoms with Gasteiger partial charge in [-0.3, -0.25) is 9.36 Å². The standard InChI is InChI=1S/C25H22N2O4/c28-24-22-12-4-5-13-23(22)26-18-27(24)14-7-15-30-25(29)20-10-6-11-21(16-20)31-17-19-8-2-1-3-9-19/h1-6,8-13,16,18H,7,14-15,17H2. The second kappa shape index (κ2) is 9.71. The van der Waals surface area contributed by atoms with E-state index in [1.807, 2.05) is 42.5 Å². The van der Waals surface area contributed by atoms with E-state index in [-0.39, 0.29) is 12.2 Å². The summed E-state index contributed by atoms with van der Waals surface area (Å²) in [4.78, 5) is 29.1. The van der Waals surface area contributed by atoms with Crippen molar-refractivity contribution >= 4 is 16.9 Å². The van der Waals surface area contributed by atoms with Crippen LogP contribution in [0.1, 0.15) is 22.3 Å². The minimum atomic E-state index is -0.422. The van der Waals surface area contributed by atoms with Gasteiger partial charge in [-0.25, -0.2) is 9.78 Å². The van der Waals surface area contributed by atoms with E-state index in [0.717, 1.165) is 5.56 Å². The van der Waals surface area contributed by atoms with Gasteiger partial charge >= 0.3 is 5.97 Å². The van der Waals surface area contributed by atoms with Crippen molar-refractivity contribution in [3.05, 3.63) is 107 Å². The normalized spacial score (nSPS) is 10.7. The van der Waals surface area contributed by atoms with Crippen LogP contribution in [0.5, 0.6) is 5.75 Å². The summed E-state index contributed by atoms with van der Waals surface area (Å²) >= 11 is 0. The second-order valence-corrected chi connectivity index (χ2v) is 7.05. The molecule has 0 amide bonds. The van der Waals surface area contributed by atoms with Crippen LogP contribution in [0.15, 0.2) is 90.0 Å². The molecule has 1 heterocycles. The van der Waals surface area contributed by atoms with Crippen LogP contribution in [0, 0.1) is 0 Å². The predicted octanol–water partition coefficient (Wildman–Crippen LogP) is 4.22. The molecule has 0 aliphatic carbocycles. The zero-order valence-corrected chi connectivity index (χ0v) is 16.9. The van der Waals surface area contributed by atoms with Crippen LogP contribution in [-0.2, 0) is 17.9 Å². The first-order chi connectivity index (χ1) is 15.2. The molecule has 6 heteroatoms. The van der Waals surface area contributed by atoms with Crippen molar-refractivity contribution < 1.29 is 14.3 Å². The fourth-order valence-corrected chi connectivity index (χ4v) is 3.20. The monoisotopic (exact) mass is 414 g/mol. The molecule has 0 fully saturated rings. The Morgan fingerprint density at radius 2 is 1.74 bits per heavy atom. The van der Waals surface area contributed by atoms with Crippen molar-refractivity contribution in [1.29, 1.82) is 0 Å². The molecule has 0 radical (unpaired) electrons. The Bertz CT molecular complexity index is 1230. The third-order valence-electron chi connectivity index (χ3n) is 4.83. The molecule has 0 saturated carbocycles. The lowest BCUT2D eigenvalue weighted by Gasteiger charge is -2.09. The quantitative estimate of drug-likeness (QED) is 0.319. The number of rotatable bonds is 8. The predicted molar refractivity (Wildman–Crippen MR) is 118 cm³/mol. The van der Waals surface area contributed by atoms with E-state index >= 15 is 0 Å². The number of aromatic nitrogens is 2. The van der Waals surface area contributed by atoms with E-state index in [2.05, 4.69) is 4.98 Å². The van der Waals surface area contributed by atoms with Gasteiger partial charge in [-0.15, -0.1) is 0 Å². The largest absolute Gasteiger partial charge is 0.489 e. The zero-order valence-electron chi connectivity index (χ0n) is 16.9. The average molecular weight is 414 g/mol. The topological polar surface area (TPSA) is 70.4 Å². The van der Waals surface area contributed by atoms with Crippen molar-refractivity contribution in [2.75, 3.05) is 6.61 Å². The second-order valence-electron chi connectivity index (χ2n) is 7.05. The molecule has 0 unspecified atom stereocenters. The molecule has 6 nitrogen and oxygen atoms in total. The van der Waals surface area contributed by atoms with Gasteiger partial charge in [0.1, 0.15) is 12.4 Å². The van der Waals surface area contributed by atoms with Crippen LogP contribution in [0.2, 0.25) is 0 Å². The van der Waals surface area contributed by atoms with Gasteiger partial charge < -0.3 is 9.47 Å². The Morgan fingerprint density at radius 1 is 0.935 bits per heavy atom. The average Bonchev–Trinajstić information content (AvgIpc) is 2.82. The number of benzene rings is 3. The Morgan fingerprint density at radius 3 is 2.61 bits per heavy atom. The molecule has 1 aromatic heterocycles. The van der Waals surface area contributed by atoms with Crippen LogP contribution in [0.4, 0.5) is 0 Å². The highest BCUT2D eigenvalue weighted by Crippen LogP contribution is 2.16. The number of nitrogens with zero attached hydrogens (tertiary/aromatic N) is 2. The molecule has 0 aliphatic rings. The van der Waals surface area contributed by atoms with E-state index in [9.17, 15) is 9.59 Å². The van der Waals surface area contributed by atoms with Crippen molar-refractivity contribution in [3.8, 4) is 5.75 Å². The summed E-state index contributed by atoms with van der Waals surface area (Å²) in [6.45, 7) is 1.05. The molecule has 4 aromatic rings. The third-order valence-corrected chi connectivity index (χ3v) is 4.83. The number of para-hydroxylation sites is 1. The minimum Gasteiger partial charge on any atom is -0.489 e. The molecule has 0 bridgehead atoms. The van der Waals surface area contributed by atoms with Crippen LogP contribution in [-0.4, -0.2) is 22.1 Å². The number of carbonyl (C=O) groups is 1.